The minimum absolute atomic E-state index is 0.0638. The summed E-state index contributed by atoms with van der Waals surface area (Å²) in [4.78, 5) is 19.2. The van der Waals surface area contributed by atoms with E-state index in [1.165, 1.54) is 0 Å². The van der Waals surface area contributed by atoms with Gasteiger partial charge >= 0.3 is 5.69 Å². The third-order valence-electron chi connectivity index (χ3n) is 3.47. The van der Waals surface area contributed by atoms with Gasteiger partial charge in [0, 0.05) is 18.3 Å². The van der Waals surface area contributed by atoms with Crippen molar-refractivity contribution in [2.24, 2.45) is 0 Å². The molecule has 0 aliphatic heterocycles. The molecule has 1 N–H and O–H groups in total. The summed E-state index contributed by atoms with van der Waals surface area (Å²) in [6.45, 7) is 2.91. The number of nitrogens with zero attached hydrogens (tertiary/aromatic N) is 2. The van der Waals surface area contributed by atoms with E-state index in [1.54, 1.807) is 15.9 Å². The molecule has 0 unspecified atom stereocenters. The first-order valence-electron chi connectivity index (χ1n) is 6.90. The smallest absolute Gasteiger partial charge is 0.290 e. The molecule has 0 aliphatic rings. The number of nitrogens with one attached hydrogen (secondary N) is 1. The van der Waals surface area contributed by atoms with Crippen LogP contribution in [0.15, 0.2) is 33.9 Å². The number of hydrogen-bond donors (Lipinski definition) is 1. The molecule has 20 heavy (non-hydrogen) atoms. The molecule has 5 heteroatoms. The van der Waals surface area contributed by atoms with Gasteiger partial charge in [0.05, 0.1) is 5.52 Å². The minimum Gasteiger partial charge on any atom is -0.290 e. The van der Waals surface area contributed by atoms with Gasteiger partial charge < -0.3 is 0 Å². The average Bonchev–Trinajstić information content (AvgIpc) is 3.07. The van der Waals surface area contributed by atoms with Crippen molar-refractivity contribution < 1.29 is 0 Å². The second-order valence-electron chi connectivity index (χ2n) is 4.89. The first-order chi connectivity index (χ1) is 9.79. The molecule has 0 saturated heterocycles. The monoisotopic (exact) mass is 287 g/mol. The zero-order valence-corrected chi connectivity index (χ0v) is 12.2. The lowest BCUT2D eigenvalue weighted by molar-refractivity contribution is 0.601. The lowest BCUT2D eigenvalue weighted by Crippen LogP contribution is -2.16. The number of aryl methyl sites for hydroxylation is 1. The molecule has 0 aliphatic carbocycles. The summed E-state index contributed by atoms with van der Waals surface area (Å²) in [6.07, 6.45) is 5.12. The van der Waals surface area contributed by atoms with E-state index in [9.17, 15) is 4.79 Å². The van der Waals surface area contributed by atoms with Gasteiger partial charge in [0.2, 0.25) is 0 Å². The van der Waals surface area contributed by atoms with E-state index >= 15 is 0 Å². The summed E-state index contributed by atoms with van der Waals surface area (Å²) in [5, 5.41) is 4.14. The van der Waals surface area contributed by atoms with E-state index in [-0.39, 0.29) is 5.69 Å². The van der Waals surface area contributed by atoms with Gasteiger partial charge in [-0.15, -0.1) is 0 Å². The van der Waals surface area contributed by atoms with Gasteiger partial charge in [-0.3, -0.25) is 9.55 Å². The Morgan fingerprint density at radius 1 is 1.35 bits per heavy atom. The maximum Gasteiger partial charge on any atom is 0.327 e. The van der Waals surface area contributed by atoms with Crippen LogP contribution < -0.4 is 5.69 Å². The molecule has 0 atom stereocenters. The standard InChI is InChI=1S/C15H17N3OS/c1-2-3-4-6-18-13-8-12(11-5-7-20-10-11)9-16-14(13)17-15(18)19/h5,7-10H,2-4,6H2,1H3,(H,16,17,19). The first kappa shape index (κ1) is 13.1. The van der Waals surface area contributed by atoms with Crippen LogP contribution in [0.1, 0.15) is 26.2 Å². The number of pyridine rings is 1. The number of thiophene rings is 1. The predicted molar refractivity (Wildman–Crippen MR) is 83.2 cm³/mol. The third kappa shape index (κ3) is 2.41. The van der Waals surface area contributed by atoms with Crippen molar-refractivity contribution in [1.82, 2.24) is 14.5 Å². The molecule has 0 spiro atoms. The molecule has 0 amide bonds. The number of hydrogen-bond acceptors (Lipinski definition) is 3. The van der Waals surface area contributed by atoms with Crippen LogP contribution in [0.25, 0.3) is 22.3 Å². The number of unbranched alkanes of at least 4 members (excludes halogenated alkanes) is 2. The van der Waals surface area contributed by atoms with Crippen LogP contribution in [0, 0.1) is 0 Å². The van der Waals surface area contributed by atoms with E-state index in [1.807, 2.05) is 17.6 Å². The quantitative estimate of drug-likeness (QED) is 0.728. The van der Waals surface area contributed by atoms with Gasteiger partial charge in [-0.2, -0.15) is 11.3 Å². The molecule has 3 rings (SSSR count). The largest absolute Gasteiger partial charge is 0.327 e. The van der Waals surface area contributed by atoms with Crippen molar-refractivity contribution in [3.05, 3.63) is 39.6 Å². The average molecular weight is 287 g/mol. The van der Waals surface area contributed by atoms with Crippen molar-refractivity contribution in [2.75, 3.05) is 0 Å². The third-order valence-corrected chi connectivity index (χ3v) is 4.15. The van der Waals surface area contributed by atoms with Crippen LogP contribution in [-0.4, -0.2) is 14.5 Å². The number of imidazole rings is 1. The second kappa shape index (κ2) is 5.63. The maximum absolute atomic E-state index is 12.0. The van der Waals surface area contributed by atoms with Crippen molar-refractivity contribution in [3.63, 3.8) is 0 Å². The molecule has 0 aromatic carbocycles. The van der Waals surface area contributed by atoms with Crippen LogP contribution in [-0.2, 0) is 6.54 Å². The van der Waals surface area contributed by atoms with Gasteiger partial charge in [0.1, 0.15) is 0 Å². The zero-order chi connectivity index (χ0) is 13.9. The van der Waals surface area contributed by atoms with Crippen LogP contribution in [0.3, 0.4) is 0 Å². The normalized spacial score (nSPS) is 11.2. The Balaban J connectivity index is 2.03. The lowest BCUT2D eigenvalue weighted by atomic mass is 10.1. The fourth-order valence-corrected chi connectivity index (χ4v) is 3.03. The molecule has 0 fully saturated rings. The number of aromatic amines is 1. The number of H-pyrrole nitrogens is 1. The van der Waals surface area contributed by atoms with Crippen molar-refractivity contribution in [3.8, 4) is 11.1 Å². The molecule has 104 valence electrons. The number of rotatable bonds is 5. The maximum atomic E-state index is 12.0. The summed E-state index contributed by atoms with van der Waals surface area (Å²) in [5.41, 5.74) is 3.71. The summed E-state index contributed by atoms with van der Waals surface area (Å²) in [7, 11) is 0. The molecular formula is C15H17N3OS. The van der Waals surface area contributed by atoms with Gasteiger partial charge in [0.15, 0.2) is 5.65 Å². The second-order valence-corrected chi connectivity index (χ2v) is 5.67. The fourth-order valence-electron chi connectivity index (χ4n) is 2.36. The minimum atomic E-state index is -0.0638. The summed E-state index contributed by atoms with van der Waals surface area (Å²) in [6, 6.07) is 4.12. The van der Waals surface area contributed by atoms with E-state index < -0.39 is 0 Å². The molecular weight excluding hydrogens is 270 g/mol. The highest BCUT2D eigenvalue weighted by molar-refractivity contribution is 7.08. The molecule has 3 aromatic rings. The highest BCUT2D eigenvalue weighted by Crippen LogP contribution is 2.23. The van der Waals surface area contributed by atoms with Crippen molar-refractivity contribution in [1.29, 1.82) is 0 Å². The van der Waals surface area contributed by atoms with Gasteiger partial charge in [-0.05, 0) is 34.9 Å². The van der Waals surface area contributed by atoms with Gasteiger partial charge in [0.25, 0.3) is 0 Å². The zero-order valence-electron chi connectivity index (χ0n) is 11.4. The van der Waals surface area contributed by atoms with Crippen LogP contribution >= 0.6 is 11.3 Å². The fraction of sp³-hybridized carbons (Fsp3) is 0.333. The lowest BCUT2D eigenvalue weighted by Gasteiger charge is -2.03. The van der Waals surface area contributed by atoms with E-state index in [2.05, 4.69) is 28.3 Å². The molecule has 0 radical (unpaired) electrons. The predicted octanol–water partition coefficient (Wildman–Crippen LogP) is 3.64. The molecule has 0 saturated carbocycles. The number of fused-ring (bicyclic) bond motifs is 1. The Hall–Kier alpha value is -1.88. The molecule has 4 nitrogen and oxygen atoms in total. The first-order valence-corrected chi connectivity index (χ1v) is 7.85. The summed E-state index contributed by atoms with van der Waals surface area (Å²) >= 11 is 1.66. The van der Waals surface area contributed by atoms with E-state index in [4.69, 9.17) is 0 Å². The van der Waals surface area contributed by atoms with Crippen LogP contribution in [0.5, 0.6) is 0 Å². The van der Waals surface area contributed by atoms with E-state index in [0.29, 0.717) is 5.65 Å². The van der Waals surface area contributed by atoms with Crippen molar-refractivity contribution >= 4 is 22.5 Å². The topological polar surface area (TPSA) is 50.7 Å². The Morgan fingerprint density at radius 3 is 3.00 bits per heavy atom. The summed E-state index contributed by atoms with van der Waals surface area (Å²) in [5.74, 6) is 0. The molecule has 3 aromatic heterocycles. The Morgan fingerprint density at radius 2 is 2.25 bits per heavy atom. The highest BCUT2D eigenvalue weighted by Gasteiger charge is 2.09. The van der Waals surface area contributed by atoms with Crippen LogP contribution in [0.4, 0.5) is 0 Å². The van der Waals surface area contributed by atoms with Gasteiger partial charge in [-0.25, -0.2) is 9.78 Å². The molecule has 3 heterocycles. The Bertz CT molecular complexity index is 755. The summed E-state index contributed by atoms with van der Waals surface area (Å²) < 4.78 is 1.80. The Kier molecular flexibility index (Phi) is 3.69. The molecule has 0 bridgehead atoms. The SMILES string of the molecule is CCCCCn1c(=O)[nH]c2ncc(-c3ccsc3)cc21. The van der Waals surface area contributed by atoms with Crippen LogP contribution in [0.2, 0.25) is 0 Å². The van der Waals surface area contributed by atoms with E-state index in [0.717, 1.165) is 42.5 Å². The Labute approximate surface area is 121 Å². The number of aromatic nitrogens is 3. The highest BCUT2D eigenvalue weighted by atomic mass is 32.1. The van der Waals surface area contributed by atoms with Gasteiger partial charge in [-0.1, -0.05) is 19.8 Å². The van der Waals surface area contributed by atoms with Crippen molar-refractivity contribution in [2.45, 2.75) is 32.7 Å².